The standard InChI is InChI=1S/C47H91N2O6P/c1-6-8-10-12-14-16-17-18-19-20-21-22-23-24-25-26-27-28-29-30-31-33-35-37-39-41-47(51)48-45(44-55-56(52,53)54-43-42-49(3,4)5)46(50)40-38-36-34-32-15-13-11-9-7-2/h7,9,15,32,38,40,45-46,50H,6,8,10-14,16-31,33-37,39,41-44H2,1-5H3,(H-,48,51,52,53)/p+1/b9-7+,32-15+,40-38+. The van der Waals surface area contributed by atoms with Crippen molar-refractivity contribution >= 4 is 13.7 Å². The van der Waals surface area contributed by atoms with Crippen LogP contribution in [-0.2, 0) is 18.4 Å². The minimum Gasteiger partial charge on any atom is -0.387 e. The quantitative estimate of drug-likeness (QED) is 0.0245. The molecule has 0 spiro atoms. The number of aliphatic hydroxyl groups is 1. The van der Waals surface area contributed by atoms with Crippen LogP contribution in [0.1, 0.15) is 206 Å². The zero-order chi connectivity index (χ0) is 41.4. The highest BCUT2D eigenvalue weighted by molar-refractivity contribution is 7.47. The van der Waals surface area contributed by atoms with E-state index in [2.05, 4.69) is 36.5 Å². The first-order chi connectivity index (χ1) is 27.0. The van der Waals surface area contributed by atoms with E-state index in [0.29, 0.717) is 17.4 Å². The van der Waals surface area contributed by atoms with Gasteiger partial charge >= 0.3 is 7.82 Å². The van der Waals surface area contributed by atoms with Crippen LogP contribution in [0.2, 0.25) is 0 Å². The highest BCUT2D eigenvalue weighted by atomic mass is 31.2. The number of unbranched alkanes of at least 4 members (excludes halogenated alkanes) is 26. The number of allylic oxidation sites excluding steroid dienone is 5. The Morgan fingerprint density at radius 2 is 1.02 bits per heavy atom. The lowest BCUT2D eigenvalue weighted by Crippen LogP contribution is -2.45. The summed E-state index contributed by atoms with van der Waals surface area (Å²) in [5.74, 6) is -0.192. The van der Waals surface area contributed by atoms with Crippen molar-refractivity contribution in [1.82, 2.24) is 5.32 Å². The number of aliphatic hydroxyl groups excluding tert-OH is 1. The number of amides is 1. The van der Waals surface area contributed by atoms with E-state index in [4.69, 9.17) is 9.05 Å². The second-order valence-electron chi connectivity index (χ2n) is 17.1. The van der Waals surface area contributed by atoms with Gasteiger partial charge in [-0.3, -0.25) is 13.8 Å². The number of hydrogen-bond acceptors (Lipinski definition) is 5. The smallest absolute Gasteiger partial charge is 0.387 e. The minimum atomic E-state index is -4.34. The molecule has 330 valence electrons. The highest BCUT2D eigenvalue weighted by Crippen LogP contribution is 2.43. The summed E-state index contributed by atoms with van der Waals surface area (Å²) in [5, 5.41) is 13.7. The van der Waals surface area contributed by atoms with Crippen molar-refractivity contribution in [3.05, 3.63) is 36.5 Å². The maximum Gasteiger partial charge on any atom is 0.472 e. The first-order valence-corrected chi connectivity index (χ1v) is 24.8. The van der Waals surface area contributed by atoms with Crippen LogP contribution in [0.5, 0.6) is 0 Å². The monoisotopic (exact) mass is 812 g/mol. The summed E-state index contributed by atoms with van der Waals surface area (Å²) in [6, 6.07) is -0.864. The summed E-state index contributed by atoms with van der Waals surface area (Å²) in [4.78, 5) is 23.1. The molecule has 3 atom stereocenters. The van der Waals surface area contributed by atoms with Crippen molar-refractivity contribution in [3.8, 4) is 0 Å². The molecule has 0 aromatic rings. The van der Waals surface area contributed by atoms with Gasteiger partial charge in [-0.25, -0.2) is 4.57 Å². The molecule has 8 nitrogen and oxygen atoms in total. The van der Waals surface area contributed by atoms with Crippen LogP contribution in [0, 0.1) is 0 Å². The molecule has 0 rings (SSSR count). The van der Waals surface area contributed by atoms with E-state index in [9.17, 15) is 19.4 Å². The van der Waals surface area contributed by atoms with Crippen molar-refractivity contribution < 1.29 is 32.9 Å². The Bertz CT molecular complexity index is 1010. The summed E-state index contributed by atoms with van der Waals surface area (Å²) in [7, 11) is 1.55. The molecular weight excluding hydrogens is 719 g/mol. The average molecular weight is 812 g/mol. The summed E-state index contributed by atoms with van der Waals surface area (Å²) in [6.07, 6.45) is 48.4. The number of rotatable bonds is 42. The third-order valence-electron chi connectivity index (χ3n) is 10.4. The Balaban J connectivity index is 4.11. The molecule has 3 unspecified atom stereocenters. The van der Waals surface area contributed by atoms with Gasteiger partial charge in [0.15, 0.2) is 0 Å². The fourth-order valence-electron chi connectivity index (χ4n) is 6.73. The summed E-state index contributed by atoms with van der Waals surface area (Å²) in [6.45, 7) is 4.56. The number of quaternary nitrogens is 1. The molecule has 0 radical (unpaired) electrons. The van der Waals surface area contributed by atoms with Gasteiger partial charge in [-0.2, -0.15) is 0 Å². The van der Waals surface area contributed by atoms with Crippen molar-refractivity contribution in [2.45, 2.75) is 219 Å². The van der Waals surface area contributed by atoms with Gasteiger partial charge in [0.05, 0.1) is 39.9 Å². The van der Waals surface area contributed by atoms with Crippen molar-refractivity contribution in [3.63, 3.8) is 0 Å². The van der Waals surface area contributed by atoms with E-state index in [0.717, 1.165) is 44.9 Å². The summed E-state index contributed by atoms with van der Waals surface area (Å²) in [5.41, 5.74) is 0. The number of carbonyl (C=O) groups excluding carboxylic acids is 1. The van der Waals surface area contributed by atoms with Crippen LogP contribution in [-0.4, -0.2) is 73.4 Å². The van der Waals surface area contributed by atoms with Crippen molar-refractivity contribution in [1.29, 1.82) is 0 Å². The molecule has 0 bridgehead atoms. The van der Waals surface area contributed by atoms with Crippen molar-refractivity contribution in [2.75, 3.05) is 40.9 Å². The van der Waals surface area contributed by atoms with E-state index in [-0.39, 0.29) is 19.1 Å². The number of phosphoric ester groups is 1. The first kappa shape index (κ1) is 54.7. The molecule has 3 N–H and O–H groups in total. The number of carbonyl (C=O) groups is 1. The zero-order valence-corrected chi connectivity index (χ0v) is 38.3. The number of likely N-dealkylation sites (N-methyl/N-ethyl adjacent to an activating group) is 1. The molecule has 0 heterocycles. The Morgan fingerprint density at radius 3 is 1.43 bits per heavy atom. The fourth-order valence-corrected chi connectivity index (χ4v) is 7.46. The van der Waals surface area contributed by atoms with Crippen LogP contribution in [0.3, 0.4) is 0 Å². The van der Waals surface area contributed by atoms with Gasteiger partial charge in [-0.15, -0.1) is 0 Å². The van der Waals surface area contributed by atoms with Gasteiger partial charge in [-0.1, -0.05) is 197 Å². The molecule has 0 aliphatic heterocycles. The number of phosphoric acid groups is 1. The predicted molar refractivity (Wildman–Crippen MR) is 240 cm³/mol. The topological polar surface area (TPSA) is 105 Å². The molecule has 0 fully saturated rings. The zero-order valence-electron chi connectivity index (χ0n) is 37.4. The molecule has 1 amide bonds. The Morgan fingerprint density at radius 1 is 0.625 bits per heavy atom. The second kappa shape index (κ2) is 39.2. The largest absolute Gasteiger partial charge is 0.472 e. The van der Waals surface area contributed by atoms with Gasteiger partial charge in [0.1, 0.15) is 13.2 Å². The average Bonchev–Trinajstić information content (AvgIpc) is 3.15. The number of hydrogen-bond donors (Lipinski definition) is 3. The minimum absolute atomic E-state index is 0.0542. The molecule has 0 saturated heterocycles. The van der Waals surface area contributed by atoms with Gasteiger partial charge in [0.2, 0.25) is 5.91 Å². The van der Waals surface area contributed by atoms with E-state index in [1.54, 1.807) is 6.08 Å². The van der Waals surface area contributed by atoms with Crippen LogP contribution in [0.25, 0.3) is 0 Å². The SMILES string of the molecule is C/C=C/CC/C=C/CC/C=C/C(O)C(COP(=O)(O)OCC[N+](C)(C)C)NC(=O)CCCCCCCCCCCCCCCCCCCCCCCCCCC. The van der Waals surface area contributed by atoms with E-state index >= 15 is 0 Å². The van der Waals surface area contributed by atoms with Gasteiger partial charge in [-0.05, 0) is 39.0 Å². The van der Waals surface area contributed by atoms with Gasteiger partial charge in [0, 0.05) is 6.42 Å². The molecule has 9 heteroatoms. The van der Waals surface area contributed by atoms with Gasteiger partial charge in [0.25, 0.3) is 0 Å². The summed E-state index contributed by atoms with van der Waals surface area (Å²) >= 11 is 0. The molecule has 56 heavy (non-hydrogen) atoms. The Kier molecular flexibility index (Phi) is 38.3. The first-order valence-electron chi connectivity index (χ1n) is 23.3. The molecule has 0 aliphatic rings. The normalized spacial score (nSPS) is 14.6. The predicted octanol–water partition coefficient (Wildman–Crippen LogP) is 13.1. The van der Waals surface area contributed by atoms with Crippen LogP contribution >= 0.6 is 7.82 Å². The third kappa shape index (κ3) is 40.9. The van der Waals surface area contributed by atoms with Crippen LogP contribution < -0.4 is 5.32 Å². The molecule has 0 aromatic heterocycles. The number of nitrogens with zero attached hydrogens (tertiary/aromatic N) is 1. The lowest BCUT2D eigenvalue weighted by atomic mass is 10.0. The van der Waals surface area contributed by atoms with Crippen molar-refractivity contribution in [2.24, 2.45) is 0 Å². The van der Waals surface area contributed by atoms with E-state index in [1.807, 2.05) is 34.1 Å². The lowest BCUT2D eigenvalue weighted by Gasteiger charge is -2.25. The molecular formula is C47H92N2O6P+. The number of nitrogens with one attached hydrogen (secondary N) is 1. The third-order valence-corrected chi connectivity index (χ3v) is 11.4. The second-order valence-corrected chi connectivity index (χ2v) is 18.6. The maximum atomic E-state index is 12.8. The molecule has 0 aromatic carbocycles. The Labute approximate surface area is 347 Å². The van der Waals surface area contributed by atoms with E-state index < -0.39 is 20.0 Å². The fraction of sp³-hybridized carbons (Fsp3) is 0.851. The Hall–Kier alpha value is -1.28. The highest BCUT2D eigenvalue weighted by Gasteiger charge is 2.27. The van der Waals surface area contributed by atoms with Crippen LogP contribution in [0.15, 0.2) is 36.5 Å². The van der Waals surface area contributed by atoms with Gasteiger partial charge < -0.3 is 19.8 Å². The summed E-state index contributed by atoms with van der Waals surface area (Å²) < 4.78 is 23.5. The van der Waals surface area contributed by atoms with E-state index in [1.165, 1.54) is 141 Å². The molecule has 0 aliphatic carbocycles. The lowest BCUT2D eigenvalue weighted by molar-refractivity contribution is -0.870. The maximum absolute atomic E-state index is 12.8. The van der Waals surface area contributed by atoms with Crippen LogP contribution in [0.4, 0.5) is 0 Å². The molecule has 0 saturated carbocycles.